The lowest BCUT2D eigenvalue weighted by atomic mass is 10.2. The maximum atomic E-state index is 12.9. The lowest BCUT2D eigenvalue weighted by Gasteiger charge is -1.99. The normalized spacial score (nSPS) is 9.27. The van der Waals surface area contributed by atoms with Crippen LogP contribution in [-0.4, -0.2) is 11.1 Å². The second kappa shape index (κ2) is 5.29. The maximum absolute atomic E-state index is 12.9. The molecule has 1 N–H and O–H groups in total. The van der Waals surface area contributed by atoms with Gasteiger partial charge in [-0.15, -0.1) is 0 Å². The molecule has 0 fully saturated rings. The van der Waals surface area contributed by atoms with Gasteiger partial charge in [-0.25, -0.2) is 4.39 Å². The second-order valence-corrected chi connectivity index (χ2v) is 4.33. The first-order valence-electron chi connectivity index (χ1n) is 3.86. The number of benzene rings is 1. The van der Waals surface area contributed by atoms with Gasteiger partial charge in [0.15, 0.2) is 0 Å². The van der Waals surface area contributed by atoms with Crippen molar-refractivity contribution >= 4 is 37.8 Å². The van der Waals surface area contributed by atoms with Gasteiger partial charge in [-0.1, -0.05) is 11.8 Å². The Kier molecular flexibility index (Phi) is 4.30. The van der Waals surface area contributed by atoms with Crippen molar-refractivity contribution in [1.29, 1.82) is 0 Å². The van der Waals surface area contributed by atoms with Crippen LogP contribution in [-0.2, 0) is 4.79 Å². The Hall–Kier alpha value is -0.860. The Morgan fingerprint density at radius 1 is 1.40 bits per heavy atom. The van der Waals surface area contributed by atoms with E-state index >= 15 is 0 Å². The van der Waals surface area contributed by atoms with Crippen LogP contribution in [0.1, 0.15) is 12.0 Å². The van der Waals surface area contributed by atoms with E-state index in [2.05, 4.69) is 43.7 Å². The first-order chi connectivity index (χ1) is 7.00. The SMILES string of the molecule is O=C(O)CC#Cc1c(Br)cc(F)cc1Br. The molecule has 0 aliphatic rings. The topological polar surface area (TPSA) is 37.3 Å². The van der Waals surface area contributed by atoms with Crippen LogP contribution in [0.5, 0.6) is 0 Å². The second-order valence-electron chi connectivity index (χ2n) is 2.62. The molecule has 0 aliphatic heterocycles. The molecule has 1 rings (SSSR count). The lowest BCUT2D eigenvalue weighted by molar-refractivity contribution is -0.135. The Balaban J connectivity index is 3.03. The molecule has 78 valence electrons. The molecular weight excluding hydrogens is 331 g/mol. The van der Waals surface area contributed by atoms with Crippen LogP contribution in [0.4, 0.5) is 4.39 Å². The number of hydrogen-bond acceptors (Lipinski definition) is 1. The third-order valence-corrected chi connectivity index (χ3v) is 2.71. The van der Waals surface area contributed by atoms with E-state index in [-0.39, 0.29) is 6.42 Å². The van der Waals surface area contributed by atoms with E-state index in [4.69, 9.17) is 5.11 Å². The van der Waals surface area contributed by atoms with Crippen molar-refractivity contribution in [2.75, 3.05) is 0 Å². The number of carbonyl (C=O) groups is 1. The van der Waals surface area contributed by atoms with Crippen LogP contribution in [0.25, 0.3) is 0 Å². The maximum Gasteiger partial charge on any atom is 0.315 e. The predicted molar refractivity (Wildman–Crippen MR) is 60.9 cm³/mol. The van der Waals surface area contributed by atoms with Crippen LogP contribution in [0.2, 0.25) is 0 Å². The molecule has 0 radical (unpaired) electrons. The lowest BCUT2D eigenvalue weighted by Crippen LogP contribution is -1.91. The Morgan fingerprint density at radius 2 is 1.93 bits per heavy atom. The number of rotatable bonds is 1. The summed E-state index contributed by atoms with van der Waals surface area (Å²) in [5.74, 6) is 3.74. The quantitative estimate of drug-likeness (QED) is 0.800. The Bertz CT molecular complexity index is 437. The van der Waals surface area contributed by atoms with Crippen LogP contribution in [0, 0.1) is 17.7 Å². The third kappa shape index (κ3) is 3.65. The molecule has 0 aliphatic carbocycles. The van der Waals surface area contributed by atoms with Gasteiger partial charge in [-0.05, 0) is 44.0 Å². The van der Waals surface area contributed by atoms with Gasteiger partial charge in [-0.3, -0.25) is 4.79 Å². The van der Waals surface area contributed by atoms with Crippen molar-refractivity contribution in [3.05, 3.63) is 32.5 Å². The zero-order valence-electron chi connectivity index (χ0n) is 7.35. The average Bonchev–Trinajstić information content (AvgIpc) is 2.08. The van der Waals surface area contributed by atoms with E-state index in [0.717, 1.165) is 0 Å². The average molecular weight is 336 g/mol. The van der Waals surface area contributed by atoms with Gasteiger partial charge in [-0.2, -0.15) is 0 Å². The minimum atomic E-state index is -0.989. The van der Waals surface area contributed by atoms with Gasteiger partial charge in [0.1, 0.15) is 12.2 Å². The molecule has 0 saturated carbocycles. The van der Waals surface area contributed by atoms with E-state index in [1.54, 1.807) is 0 Å². The first-order valence-corrected chi connectivity index (χ1v) is 5.44. The highest BCUT2D eigenvalue weighted by Gasteiger charge is 2.04. The van der Waals surface area contributed by atoms with Crippen LogP contribution >= 0.6 is 31.9 Å². The highest BCUT2D eigenvalue weighted by Crippen LogP contribution is 2.25. The van der Waals surface area contributed by atoms with E-state index in [0.29, 0.717) is 14.5 Å². The fourth-order valence-corrected chi connectivity index (χ4v) is 2.20. The number of carboxylic acid groups (broad SMARTS) is 1. The largest absolute Gasteiger partial charge is 0.481 e. The predicted octanol–water partition coefficient (Wildman–Crippen LogP) is 3.18. The number of carboxylic acids is 1. The number of halogens is 3. The van der Waals surface area contributed by atoms with Crippen LogP contribution in [0.15, 0.2) is 21.1 Å². The van der Waals surface area contributed by atoms with Gasteiger partial charge in [0, 0.05) is 8.95 Å². The molecule has 0 saturated heterocycles. The van der Waals surface area contributed by atoms with Crippen molar-refractivity contribution in [1.82, 2.24) is 0 Å². The molecule has 0 spiro atoms. The van der Waals surface area contributed by atoms with E-state index in [1.807, 2.05) is 0 Å². The van der Waals surface area contributed by atoms with E-state index in [1.165, 1.54) is 12.1 Å². The third-order valence-electron chi connectivity index (χ3n) is 1.46. The summed E-state index contributed by atoms with van der Waals surface area (Å²) in [5.41, 5.74) is 0.539. The zero-order chi connectivity index (χ0) is 11.4. The molecule has 0 bridgehead atoms. The molecule has 0 amide bonds. The molecular formula is C10H5Br2FO2. The van der Waals surface area contributed by atoms with Crippen molar-refractivity contribution in [2.24, 2.45) is 0 Å². The van der Waals surface area contributed by atoms with Crippen LogP contribution < -0.4 is 0 Å². The fourth-order valence-electron chi connectivity index (χ4n) is 0.870. The van der Waals surface area contributed by atoms with Crippen molar-refractivity contribution in [3.63, 3.8) is 0 Å². The van der Waals surface area contributed by atoms with E-state index < -0.39 is 11.8 Å². The molecule has 5 heteroatoms. The molecule has 1 aromatic rings. The smallest absolute Gasteiger partial charge is 0.315 e. The zero-order valence-corrected chi connectivity index (χ0v) is 10.5. The summed E-state index contributed by atoms with van der Waals surface area (Å²) < 4.78 is 13.8. The molecule has 1 aromatic carbocycles. The summed E-state index contributed by atoms with van der Waals surface area (Å²) in [4.78, 5) is 10.2. The first kappa shape index (κ1) is 12.2. The van der Waals surface area contributed by atoms with E-state index in [9.17, 15) is 9.18 Å². The standard InChI is InChI=1S/C10H5Br2FO2/c11-8-4-6(13)5-9(12)7(8)2-1-3-10(14)15/h4-5H,3H2,(H,14,15). The Labute approximate surface area is 103 Å². The molecule has 2 nitrogen and oxygen atoms in total. The van der Waals surface area contributed by atoms with Gasteiger partial charge in [0.2, 0.25) is 0 Å². The summed E-state index contributed by atoms with van der Waals surface area (Å²) in [7, 11) is 0. The molecule has 0 heterocycles. The van der Waals surface area contributed by atoms with Gasteiger partial charge in [0.05, 0.1) is 5.56 Å². The highest BCUT2D eigenvalue weighted by atomic mass is 79.9. The minimum Gasteiger partial charge on any atom is -0.481 e. The minimum absolute atomic E-state index is 0.240. The summed E-state index contributed by atoms with van der Waals surface area (Å²) in [6.07, 6.45) is -0.240. The van der Waals surface area contributed by atoms with Gasteiger partial charge in [0.25, 0.3) is 0 Å². The highest BCUT2D eigenvalue weighted by molar-refractivity contribution is 9.11. The van der Waals surface area contributed by atoms with Crippen molar-refractivity contribution in [2.45, 2.75) is 6.42 Å². The summed E-state index contributed by atoms with van der Waals surface area (Å²) in [6.45, 7) is 0. The van der Waals surface area contributed by atoms with Crippen LogP contribution in [0.3, 0.4) is 0 Å². The van der Waals surface area contributed by atoms with Crippen molar-refractivity contribution in [3.8, 4) is 11.8 Å². The van der Waals surface area contributed by atoms with Gasteiger partial charge < -0.3 is 5.11 Å². The summed E-state index contributed by atoms with van der Waals surface area (Å²) in [6, 6.07) is 2.55. The number of aliphatic carboxylic acids is 1. The van der Waals surface area contributed by atoms with Crippen molar-refractivity contribution < 1.29 is 14.3 Å². The summed E-state index contributed by atoms with van der Waals surface area (Å²) in [5, 5.41) is 8.39. The molecule has 0 unspecified atom stereocenters. The monoisotopic (exact) mass is 334 g/mol. The molecule has 0 atom stereocenters. The molecule has 0 aromatic heterocycles. The molecule has 15 heavy (non-hydrogen) atoms. The Morgan fingerprint density at radius 3 is 2.40 bits per heavy atom. The number of hydrogen-bond donors (Lipinski definition) is 1. The summed E-state index contributed by atoms with van der Waals surface area (Å²) >= 11 is 6.29. The fraction of sp³-hybridized carbons (Fsp3) is 0.100. The van der Waals surface area contributed by atoms with Gasteiger partial charge >= 0.3 is 5.97 Å².